The number of piperidine rings is 1. The molecule has 0 spiro atoms. The van der Waals surface area contributed by atoms with Gasteiger partial charge in [-0.2, -0.15) is 4.31 Å². The maximum atomic E-state index is 13.1. The van der Waals surface area contributed by atoms with E-state index in [4.69, 9.17) is 9.47 Å². The standard InChI is InChI=1S/C25H28N2O5S/c1-16-9-17(2)14-27(13-16)33(29,30)20-5-3-18(4-6-20)23(28)12-22-21-11-25-24(31-15-32-25)10-19(21)7-8-26-22/h3-6,10-12,16-17,26H,7-9,13-15H2,1-2H3/b22-12+. The Morgan fingerprint density at radius 1 is 1.06 bits per heavy atom. The molecule has 0 radical (unpaired) electrons. The van der Waals surface area contributed by atoms with E-state index in [1.54, 1.807) is 22.5 Å². The summed E-state index contributed by atoms with van der Waals surface area (Å²) in [5.74, 6) is 1.88. The van der Waals surface area contributed by atoms with E-state index >= 15 is 0 Å². The maximum Gasteiger partial charge on any atom is 0.243 e. The van der Waals surface area contributed by atoms with E-state index in [1.165, 1.54) is 12.1 Å². The molecule has 1 N–H and O–H groups in total. The summed E-state index contributed by atoms with van der Waals surface area (Å²) in [6.45, 7) is 6.15. The molecule has 3 aliphatic rings. The molecule has 0 saturated carbocycles. The van der Waals surface area contributed by atoms with Gasteiger partial charge in [0, 0.05) is 42.5 Å². The van der Waals surface area contributed by atoms with Crippen molar-refractivity contribution in [1.29, 1.82) is 0 Å². The topological polar surface area (TPSA) is 84.9 Å². The number of hydrogen-bond donors (Lipinski definition) is 1. The van der Waals surface area contributed by atoms with E-state index < -0.39 is 10.0 Å². The van der Waals surface area contributed by atoms with Crippen LogP contribution in [0, 0.1) is 11.8 Å². The molecular weight excluding hydrogens is 440 g/mol. The summed E-state index contributed by atoms with van der Waals surface area (Å²) in [5, 5.41) is 3.30. The van der Waals surface area contributed by atoms with E-state index in [2.05, 4.69) is 19.2 Å². The first-order chi connectivity index (χ1) is 15.8. The fraction of sp³-hybridized carbons (Fsp3) is 0.400. The third-order valence-corrected chi connectivity index (χ3v) is 8.33. The smallest absolute Gasteiger partial charge is 0.243 e. The number of ketones is 1. The van der Waals surface area contributed by atoms with Gasteiger partial charge >= 0.3 is 0 Å². The Balaban J connectivity index is 1.37. The monoisotopic (exact) mass is 468 g/mol. The predicted octanol–water partition coefficient (Wildman–Crippen LogP) is 3.45. The first-order valence-electron chi connectivity index (χ1n) is 11.3. The number of nitrogens with zero attached hydrogens (tertiary/aromatic N) is 1. The Labute approximate surface area is 194 Å². The summed E-state index contributed by atoms with van der Waals surface area (Å²) in [7, 11) is -3.57. The molecule has 3 aliphatic heterocycles. The van der Waals surface area contributed by atoms with E-state index in [1.807, 2.05) is 12.1 Å². The van der Waals surface area contributed by atoms with Crippen LogP contribution in [0.15, 0.2) is 47.4 Å². The van der Waals surface area contributed by atoms with Crippen LogP contribution in [-0.2, 0) is 16.4 Å². The lowest BCUT2D eigenvalue weighted by molar-refractivity contribution is 0.104. The Kier molecular flexibility index (Phi) is 5.66. The van der Waals surface area contributed by atoms with E-state index in [0.29, 0.717) is 36.2 Å². The molecule has 2 aromatic rings. The van der Waals surface area contributed by atoms with Crippen LogP contribution in [0.2, 0.25) is 0 Å². The van der Waals surface area contributed by atoms with E-state index in [9.17, 15) is 13.2 Å². The van der Waals surface area contributed by atoms with Gasteiger partial charge in [-0.15, -0.1) is 0 Å². The Bertz CT molecular complexity index is 1210. The Morgan fingerprint density at radius 2 is 1.73 bits per heavy atom. The van der Waals surface area contributed by atoms with Gasteiger partial charge in [0.25, 0.3) is 0 Å². The molecular formula is C25H28N2O5S. The lowest BCUT2D eigenvalue weighted by Gasteiger charge is -2.34. The van der Waals surface area contributed by atoms with Crippen molar-refractivity contribution in [1.82, 2.24) is 9.62 Å². The van der Waals surface area contributed by atoms with Gasteiger partial charge in [-0.3, -0.25) is 4.79 Å². The zero-order valence-electron chi connectivity index (χ0n) is 18.8. The highest BCUT2D eigenvalue weighted by Crippen LogP contribution is 2.38. The number of nitrogens with one attached hydrogen (secondary N) is 1. The molecule has 33 heavy (non-hydrogen) atoms. The molecule has 2 unspecified atom stereocenters. The summed E-state index contributed by atoms with van der Waals surface area (Å²) < 4.78 is 38.7. The summed E-state index contributed by atoms with van der Waals surface area (Å²) >= 11 is 0. The number of ether oxygens (including phenoxy) is 2. The fourth-order valence-corrected chi connectivity index (χ4v) is 6.63. The van der Waals surface area contributed by atoms with Crippen molar-refractivity contribution in [3.05, 3.63) is 59.2 Å². The molecule has 0 bridgehead atoms. The van der Waals surface area contributed by atoms with E-state index in [-0.39, 0.29) is 17.5 Å². The second-order valence-corrected chi connectivity index (χ2v) is 11.2. The molecule has 5 rings (SSSR count). The molecule has 1 fully saturated rings. The molecule has 174 valence electrons. The van der Waals surface area contributed by atoms with Crippen LogP contribution in [0.3, 0.4) is 0 Å². The van der Waals surface area contributed by atoms with Gasteiger partial charge in [-0.1, -0.05) is 13.8 Å². The molecule has 0 amide bonds. The van der Waals surface area contributed by atoms with Crippen LogP contribution in [0.25, 0.3) is 5.70 Å². The van der Waals surface area contributed by atoms with Crippen LogP contribution < -0.4 is 14.8 Å². The molecule has 7 nitrogen and oxygen atoms in total. The SMILES string of the molecule is CC1CC(C)CN(S(=O)(=O)c2ccc(C(=O)/C=C3/NCCc4cc5c(cc43)OCO5)cc2)C1. The summed E-state index contributed by atoms with van der Waals surface area (Å²) in [6, 6.07) is 10.1. The van der Waals surface area contributed by atoms with Gasteiger partial charge in [0.05, 0.1) is 4.90 Å². The zero-order valence-corrected chi connectivity index (χ0v) is 19.7. The molecule has 8 heteroatoms. The van der Waals surface area contributed by atoms with Crippen molar-refractivity contribution in [3.8, 4) is 11.5 Å². The minimum atomic E-state index is -3.57. The highest BCUT2D eigenvalue weighted by Gasteiger charge is 2.31. The number of carbonyl (C=O) groups is 1. The molecule has 2 atom stereocenters. The number of carbonyl (C=O) groups excluding carboxylic acids is 1. The molecule has 1 saturated heterocycles. The van der Waals surface area contributed by atoms with Gasteiger partial charge in [0.2, 0.25) is 16.8 Å². The third-order valence-electron chi connectivity index (χ3n) is 6.49. The zero-order chi connectivity index (χ0) is 23.2. The van der Waals surface area contributed by atoms with Crippen LogP contribution in [0.5, 0.6) is 11.5 Å². The van der Waals surface area contributed by atoms with Crippen LogP contribution in [0.1, 0.15) is 41.8 Å². The average molecular weight is 469 g/mol. The van der Waals surface area contributed by atoms with Crippen molar-refractivity contribution in [2.45, 2.75) is 31.6 Å². The van der Waals surface area contributed by atoms with Crippen molar-refractivity contribution < 1.29 is 22.7 Å². The number of fused-ring (bicyclic) bond motifs is 2. The number of benzene rings is 2. The fourth-order valence-electron chi connectivity index (χ4n) is 4.95. The normalized spacial score (nSPS) is 23.8. The second kappa shape index (κ2) is 8.50. The van der Waals surface area contributed by atoms with Crippen LogP contribution in [0.4, 0.5) is 0 Å². The number of hydrogen-bond acceptors (Lipinski definition) is 6. The Morgan fingerprint density at radius 3 is 2.42 bits per heavy atom. The minimum Gasteiger partial charge on any atom is -0.454 e. The van der Waals surface area contributed by atoms with Crippen molar-refractivity contribution >= 4 is 21.5 Å². The number of rotatable bonds is 4. The molecule has 0 aromatic heterocycles. The van der Waals surface area contributed by atoms with E-state index in [0.717, 1.165) is 42.0 Å². The van der Waals surface area contributed by atoms with Gasteiger partial charge in [0.1, 0.15) is 0 Å². The molecule has 3 heterocycles. The highest BCUT2D eigenvalue weighted by atomic mass is 32.2. The van der Waals surface area contributed by atoms with Crippen LogP contribution in [-0.4, -0.2) is 44.9 Å². The summed E-state index contributed by atoms with van der Waals surface area (Å²) in [5.41, 5.74) is 3.19. The third kappa shape index (κ3) is 4.25. The predicted molar refractivity (Wildman–Crippen MR) is 125 cm³/mol. The molecule has 2 aromatic carbocycles. The lowest BCUT2D eigenvalue weighted by Crippen LogP contribution is -2.42. The largest absolute Gasteiger partial charge is 0.454 e. The average Bonchev–Trinajstić information content (AvgIpc) is 3.25. The lowest BCUT2D eigenvalue weighted by atomic mass is 9.94. The maximum absolute atomic E-state index is 13.1. The first-order valence-corrected chi connectivity index (χ1v) is 12.8. The van der Waals surface area contributed by atoms with Crippen LogP contribution >= 0.6 is 0 Å². The number of allylic oxidation sites excluding steroid dienone is 1. The summed E-state index contributed by atoms with van der Waals surface area (Å²) in [4.78, 5) is 13.2. The highest BCUT2D eigenvalue weighted by molar-refractivity contribution is 7.89. The van der Waals surface area contributed by atoms with Gasteiger partial charge in [0.15, 0.2) is 17.3 Å². The van der Waals surface area contributed by atoms with Gasteiger partial charge < -0.3 is 14.8 Å². The number of sulfonamides is 1. The van der Waals surface area contributed by atoms with Crippen molar-refractivity contribution in [2.24, 2.45) is 11.8 Å². The van der Waals surface area contributed by atoms with Gasteiger partial charge in [-0.25, -0.2) is 8.42 Å². The van der Waals surface area contributed by atoms with Gasteiger partial charge in [-0.05, 0) is 66.6 Å². The first kappa shape index (κ1) is 22.0. The van der Waals surface area contributed by atoms with Crippen molar-refractivity contribution in [3.63, 3.8) is 0 Å². The molecule has 0 aliphatic carbocycles. The minimum absolute atomic E-state index is 0.188. The summed E-state index contributed by atoms with van der Waals surface area (Å²) in [6.07, 6.45) is 3.43. The van der Waals surface area contributed by atoms with Crippen molar-refractivity contribution in [2.75, 3.05) is 26.4 Å². The quantitative estimate of drug-likeness (QED) is 0.547. The second-order valence-electron chi connectivity index (χ2n) is 9.25. The Hall–Kier alpha value is -2.84.